The monoisotopic (exact) mass is 355 g/mol. The third-order valence-electron chi connectivity index (χ3n) is 3.65. The van der Waals surface area contributed by atoms with Crippen molar-refractivity contribution in [3.8, 4) is 11.4 Å². The molecule has 0 aliphatic rings. The molecule has 0 bridgehead atoms. The van der Waals surface area contributed by atoms with E-state index in [1.54, 1.807) is 35.4 Å². The minimum absolute atomic E-state index is 0.159. The Morgan fingerprint density at radius 2 is 2.04 bits per heavy atom. The third-order valence-corrected chi connectivity index (χ3v) is 4.06. The van der Waals surface area contributed by atoms with Gasteiger partial charge in [0, 0.05) is 24.5 Å². The standard InChI is InChI=1S/C16H11ClFN7/c17-14-12(5-10-2-1-9(18)6-21-10)23-16(24-15(14)19)11-7-22-25-4-3-20-8-13(11)25/h1-4,6-8H,5H2,(H2,19,23,24). The average molecular weight is 356 g/mol. The van der Waals surface area contributed by atoms with E-state index in [0.717, 1.165) is 11.7 Å². The maximum Gasteiger partial charge on any atom is 0.165 e. The molecule has 0 aromatic carbocycles. The molecule has 7 nitrogen and oxygen atoms in total. The predicted molar refractivity (Wildman–Crippen MR) is 90.4 cm³/mol. The molecule has 9 heteroatoms. The van der Waals surface area contributed by atoms with Crippen LogP contribution in [0.1, 0.15) is 11.4 Å². The van der Waals surface area contributed by atoms with Crippen molar-refractivity contribution < 1.29 is 4.39 Å². The van der Waals surface area contributed by atoms with Crippen LogP contribution in [0.3, 0.4) is 0 Å². The van der Waals surface area contributed by atoms with E-state index in [1.165, 1.54) is 6.07 Å². The van der Waals surface area contributed by atoms with E-state index in [9.17, 15) is 4.39 Å². The second-order valence-corrected chi connectivity index (χ2v) is 5.68. The topological polar surface area (TPSA) is 94.9 Å². The molecule has 0 saturated carbocycles. The molecule has 0 saturated heterocycles. The minimum Gasteiger partial charge on any atom is -0.382 e. The van der Waals surface area contributed by atoms with E-state index < -0.39 is 5.82 Å². The summed E-state index contributed by atoms with van der Waals surface area (Å²) in [6.45, 7) is 0. The van der Waals surface area contributed by atoms with Crippen LogP contribution in [0.5, 0.6) is 0 Å². The fourth-order valence-electron chi connectivity index (χ4n) is 2.44. The van der Waals surface area contributed by atoms with E-state index in [4.69, 9.17) is 17.3 Å². The number of hydrogen-bond donors (Lipinski definition) is 1. The highest BCUT2D eigenvalue weighted by Crippen LogP contribution is 2.28. The van der Waals surface area contributed by atoms with Gasteiger partial charge in [0.2, 0.25) is 0 Å². The van der Waals surface area contributed by atoms with Crippen molar-refractivity contribution in [2.75, 3.05) is 5.73 Å². The summed E-state index contributed by atoms with van der Waals surface area (Å²) in [5.74, 6) is 0.144. The zero-order valence-corrected chi connectivity index (χ0v) is 13.5. The number of hydrogen-bond acceptors (Lipinski definition) is 6. The maximum atomic E-state index is 13.0. The van der Waals surface area contributed by atoms with Gasteiger partial charge in [-0.15, -0.1) is 0 Å². The molecule has 0 amide bonds. The zero-order valence-electron chi connectivity index (χ0n) is 12.8. The minimum atomic E-state index is -0.406. The van der Waals surface area contributed by atoms with Gasteiger partial charge >= 0.3 is 0 Å². The Morgan fingerprint density at radius 1 is 1.16 bits per heavy atom. The Hall–Kier alpha value is -3.13. The number of halogens is 2. The molecule has 2 N–H and O–H groups in total. The molecule has 4 heterocycles. The molecule has 0 atom stereocenters. The lowest BCUT2D eigenvalue weighted by atomic mass is 10.2. The Bertz CT molecular complexity index is 1060. The summed E-state index contributed by atoms with van der Waals surface area (Å²) in [5, 5.41) is 4.49. The predicted octanol–water partition coefficient (Wildman–Crippen LogP) is 2.55. The lowest BCUT2D eigenvalue weighted by Gasteiger charge is -2.08. The van der Waals surface area contributed by atoms with Gasteiger partial charge in [0.15, 0.2) is 5.82 Å². The van der Waals surface area contributed by atoms with Crippen LogP contribution < -0.4 is 5.73 Å². The second-order valence-electron chi connectivity index (χ2n) is 5.30. The summed E-state index contributed by atoms with van der Waals surface area (Å²) in [7, 11) is 0. The van der Waals surface area contributed by atoms with Gasteiger partial charge in [-0.05, 0) is 12.1 Å². The van der Waals surface area contributed by atoms with Gasteiger partial charge in [-0.2, -0.15) is 5.10 Å². The number of anilines is 1. The lowest BCUT2D eigenvalue weighted by molar-refractivity contribution is 0.619. The number of nitrogens with zero attached hydrogens (tertiary/aromatic N) is 6. The number of rotatable bonds is 3. The quantitative estimate of drug-likeness (QED) is 0.607. The van der Waals surface area contributed by atoms with Crippen molar-refractivity contribution in [1.82, 2.24) is 29.5 Å². The summed E-state index contributed by atoms with van der Waals surface area (Å²) in [4.78, 5) is 16.9. The Balaban J connectivity index is 1.80. The Kier molecular flexibility index (Phi) is 3.73. The van der Waals surface area contributed by atoms with Gasteiger partial charge in [0.1, 0.15) is 16.7 Å². The first kappa shape index (κ1) is 15.4. The van der Waals surface area contributed by atoms with Crippen molar-refractivity contribution in [3.63, 3.8) is 0 Å². The number of nitrogen functional groups attached to an aromatic ring is 1. The van der Waals surface area contributed by atoms with Gasteiger partial charge in [-0.25, -0.2) is 18.9 Å². The molecule has 25 heavy (non-hydrogen) atoms. The van der Waals surface area contributed by atoms with Crippen LogP contribution in [0.15, 0.2) is 43.1 Å². The van der Waals surface area contributed by atoms with Crippen LogP contribution in [0.2, 0.25) is 5.02 Å². The van der Waals surface area contributed by atoms with Crippen LogP contribution in [0, 0.1) is 5.82 Å². The Labute approximate surface area is 146 Å². The summed E-state index contributed by atoms with van der Waals surface area (Å²) in [5.41, 5.74) is 8.50. The lowest BCUT2D eigenvalue weighted by Crippen LogP contribution is -2.04. The SMILES string of the molecule is Nc1nc(-c2cnn3ccncc23)nc(Cc2ccc(F)cn2)c1Cl. The van der Waals surface area contributed by atoms with Crippen molar-refractivity contribution >= 4 is 22.9 Å². The molecule has 4 aromatic rings. The molecule has 4 aromatic heterocycles. The Morgan fingerprint density at radius 3 is 2.84 bits per heavy atom. The van der Waals surface area contributed by atoms with Crippen molar-refractivity contribution in [1.29, 1.82) is 0 Å². The first-order valence-corrected chi connectivity index (χ1v) is 7.69. The summed E-state index contributed by atoms with van der Waals surface area (Å²) in [6, 6.07) is 2.90. The first-order valence-electron chi connectivity index (χ1n) is 7.32. The highest BCUT2D eigenvalue weighted by atomic mass is 35.5. The van der Waals surface area contributed by atoms with Gasteiger partial charge < -0.3 is 5.73 Å². The summed E-state index contributed by atoms with van der Waals surface area (Å²) < 4.78 is 14.7. The molecule has 4 rings (SSSR count). The van der Waals surface area contributed by atoms with Crippen molar-refractivity contribution in [3.05, 3.63) is 65.3 Å². The third kappa shape index (κ3) is 2.87. The van der Waals surface area contributed by atoms with Gasteiger partial charge in [-0.3, -0.25) is 9.97 Å². The van der Waals surface area contributed by atoms with E-state index in [0.29, 0.717) is 29.2 Å². The van der Waals surface area contributed by atoms with E-state index in [2.05, 4.69) is 25.0 Å². The van der Waals surface area contributed by atoms with Gasteiger partial charge in [-0.1, -0.05) is 11.6 Å². The fraction of sp³-hybridized carbons (Fsp3) is 0.0625. The fourth-order valence-corrected chi connectivity index (χ4v) is 2.59. The molecule has 0 aliphatic carbocycles. The number of nitrogens with two attached hydrogens (primary N) is 1. The number of aromatic nitrogens is 6. The second kappa shape index (κ2) is 6.06. The summed E-state index contributed by atoms with van der Waals surface area (Å²) >= 11 is 6.24. The zero-order chi connectivity index (χ0) is 17.4. The van der Waals surface area contributed by atoms with Crippen LogP contribution in [-0.2, 0) is 6.42 Å². The molecule has 0 fully saturated rings. The van der Waals surface area contributed by atoms with Crippen molar-refractivity contribution in [2.45, 2.75) is 6.42 Å². The molecule has 0 radical (unpaired) electrons. The largest absolute Gasteiger partial charge is 0.382 e. The van der Waals surface area contributed by atoms with Crippen LogP contribution in [-0.4, -0.2) is 29.5 Å². The molecule has 0 unspecified atom stereocenters. The number of pyridine rings is 1. The van der Waals surface area contributed by atoms with E-state index in [-0.39, 0.29) is 10.8 Å². The van der Waals surface area contributed by atoms with E-state index in [1.807, 2.05) is 0 Å². The molecule has 124 valence electrons. The van der Waals surface area contributed by atoms with Crippen LogP contribution >= 0.6 is 11.6 Å². The maximum absolute atomic E-state index is 13.0. The highest BCUT2D eigenvalue weighted by Gasteiger charge is 2.16. The molecular formula is C16H11ClFN7. The molecule has 0 aliphatic heterocycles. The van der Waals surface area contributed by atoms with Crippen molar-refractivity contribution in [2.24, 2.45) is 0 Å². The summed E-state index contributed by atoms with van der Waals surface area (Å²) in [6.07, 6.45) is 8.10. The number of fused-ring (bicyclic) bond motifs is 1. The van der Waals surface area contributed by atoms with Gasteiger partial charge in [0.25, 0.3) is 0 Å². The first-order chi connectivity index (χ1) is 12.1. The highest BCUT2D eigenvalue weighted by molar-refractivity contribution is 6.33. The van der Waals surface area contributed by atoms with E-state index >= 15 is 0 Å². The van der Waals surface area contributed by atoms with Crippen LogP contribution in [0.4, 0.5) is 10.2 Å². The normalized spacial score (nSPS) is 11.1. The van der Waals surface area contributed by atoms with Crippen LogP contribution in [0.25, 0.3) is 16.9 Å². The van der Waals surface area contributed by atoms with Gasteiger partial charge in [0.05, 0.1) is 35.4 Å². The smallest absolute Gasteiger partial charge is 0.165 e. The molecule has 0 spiro atoms. The average Bonchev–Trinajstić information content (AvgIpc) is 3.05. The molecular weight excluding hydrogens is 345 g/mol.